The van der Waals surface area contributed by atoms with Crippen LogP contribution in [0.1, 0.15) is 19.4 Å². The molecule has 5 heteroatoms. The quantitative estimate of drug-likeness (QED) is 0.593. The Hall–Kier alpha value is -1.00. The Kier molecular flexibility index (Phi) is 4.83. The average molecular weight is 258 g/mol. The van der Waals surface area contributed by atoms with Gasteiger partial charge in [0.15, 0.2) is 0 Å². The number of nitrogens with zero attached hydrogens (tertiary/aromatic N) is 1. The molecule has 3 nitrogen and oxygen atoms in total. The maximum Gasteiger partial charge on any atom is 0.274 e. The minimum Gasteiger partial charge on any atom is -0.258 e. The van der Waals surface area contributed by atoms with Gasteiger partial charge in [-0.15, -0.1) is 11.8 Å². The third kappa shape index (κ3) is 3.54. The predicted octanol–water partition coefficient (Wildman–Crippen LogP) is 4.41. The van der Waals surface area contributed by atoms with E-state index in [1.165, 1.54) is 6.07 Å². The van der Waals surface area contributed by atoms with Gasteiger partial charge < -0.3 is 0 Å². The lowest BCUT2D eigenvalue weighted by molar-refractivity contribution is -0.385. The third-order valence-electron chi connectivity index (χ3n) is 2.11. The Morgan fingerprint density at radius 3 is 2.88 bits per heavy atom. The molecule has 0 radical (unpaired) electrons. The molecule has 0 N–H and O–H groups in total. The first-order valence-electron chi connectivity index (χ1n) is 4.73. The standard InChI is InChI=1S/C11H12ClNO2S/c1-3-8(2)16-7-9-4-5-10(12)6-11(9)13(14)15/h3-6H,7H2,1-2H3/b8-3-. The Morgan fingerprint density at radius 2 is 2.31 bits per heavy atom. The first-order valence-corrected chi connectivity index (χ1v) is 6.09. The summed E-state index contributed by atoms with van der Waals surface area (Å²) in [7, 11) is 0. The number of halogens is 1. The topological polar surface area (TPSA) is 43.1 Å². The highest BCUT2D eigenvalue weighted by molar-refractivity contribution is 8.02. The number of hydrogen-bond donors (Lipinski definition) is 0. The van der Waals surface area contributed by atoms with Crippen LogP contribution >= 0.6 is 23.4 Å². The Labute approximate surface area is 104 Å². The molecule has 0 saturated carbocycles. The summed E-state index contributed by atoms with van der Waals surface area (Å²) in [6.45, 7) is 3.92. The minimum absolute atomic E-state index is 0.0869. The van der Waals surface area contributed by atoms with Crippen molar-refractivity contribution < 1.29 is 4.92 Å². The Balaban J connectivity index is 2.91. The minimum atomic E-state index is -0.396. The van der Waals surface area contributed by atoms with Crippen LogP contribution in [-0.2, 0) is 5.75 Å². The maximum absolute atomic E-state index is 10.8. The van der Waals surface area contributed by atoms with Crippen molar-refractivity contribution in [2.45, 2.75) is 19.6 Å². The molecule has 16 heavy (non-hydrogen) atoms. The molecule has 0 fully saturated rings. The Bertz CT molecular complexity index is 432. The van der Waals surface area contributed by atoms with Crippen LogP contribution in [0.4, 0.5) is 5.69 Å². The average Bonchev–Trinajstić information content (AvgIpc) is 2.26. The van der Waals surface area contributed by atoms with Crippen molar-refractivity contribution >= 4 is 29.1 Å². The first kappa shape index (κ1) is 13.1. The predicted molar refractivity (Wildman–Crippen MR) is 68.8 cm³/mol. The number of benzene rings is 1. The summed E-state index contributed by atoms with van der Waals surface area (Å²) in [5.74, 6) is 0.587. The van der Waals surface area contributed by atoms with Gasteiger partial charge in [0.25, 0.3) is 5.69 Å². The van der Waals surface area contributed by atoms with Crippen LogP contribution < -0.4 is 0 Å². The third-order valence-corrected chi connectivity index (χ3v) is 3.49. The summed E-state index contributed by atoms with van der Waals surface area (Å²) in [6.07, 6.45) is 1.98. The van der Waals surface area contributed by atoms with E-state index >= 15 is 0 Å². The molecular formula is C11H12ClNO2S. The second kappa shape index (κ2) is 5.92. The normalized spacial score (nSPS) is 11.6. The van der Waals surface area contributed by atoms with Crippen molar-refractivity contribution in [3.63, 3.8) is 0 Å². The highest BCUT2D eigenvalue weighted by Gasteiger charge is 2.13. The van der Waals surface area contributed by atoms with Gasteiger partial charge in [0.2, 0.25) is 0 Å². The van der Waals surface area contributed by atoms with Crippen molar-refractivity contribution in [3.05, 3.63) is 49.9 Å². The molecule has 0 aliphatic heterocycles. The van der Waals surface area contributed by atoms with E-state index < -0.39 is 4.92 Å². The van der Waals surface area contributed by atoms with E-state index in [1.807, 2.05) is 19.9 Å². The smallest absolute Gasteiger partial charge is 0.258 e. The zero-order valence-electron chi connectivity index (χ0n) is 9.07. The molecule has 0 amide bonds. The summed E-state index contributed by atoms with van der Waals surface area (Å²) in [6, 6.07) is 4.77. The molecule has 0 heterocycles. The second-order valence-corrected chi connectivity index (χ2v) is 4.88. The summed E-state index contributed by atoms with van der Waals surface area (Å²) in [4.78, 5) is 11.6. The van der Waals surface area contributed by atoms with Gasteiger partial charge in [-0.25, -0.2) is 0 Å². The molecule has 86 valence electrons. The van der Waals surface area contributed by atoms with E-state index in [0.29, 0.717) is 16.3 Å². The van der Waals surface area contributed by atoms with Gasteiger partial charge in [-0.05, 0) is 30.9 Å². The monoisotopic (exact) mass is 257 g/mol. The molecule has 1 rings (SSSR count). The van der Waals surface area contributed by atoms with Crippen LogP contribution in [-0.4, -0.2) is 4.92 Å². The highest BCUT2D eigenvalue weighted by atomic mass is 35.5. The maximum atomic E-state index is 10.8. The van der Waals surface area contributed by atoms with Crippen LogP contribution in [0.15, 0.2) is 29.2 Å². The molecule has 0 aliphatic rings. The van der Waals surface area contributed by atoms with E-state index in [4.69, 9.17) is 11.6 Å². The molecule has 0 saturated heterocycles. The van der Waals surface area contributed by atoms with Gasteiger partial charge in [-0.3, -0.25) is 10.1 Å². The van der Waals surface area contributed by atoms with Gasteiger partial charge >= 0.3 is 0 Å². The molecule has 0 unspecified atom stereocenters. The summed E-state index contributed by atoms with van der Waals surface area (Å²) < 4.78 is 0. The fourth-order valence-electron chi connectivity index (χ4n) is 1.10. The zero-order chi connectivity index (χ0) is 12.1. The number of thioether (sulfide) groups is 1. The van der Waals surface area contributed by atoms with E-state index in [-0.39, 0.29) is 5.69 Å². The molecule has 0 bridgehead atoms. The van der Waals surface area contributed by atoms with E-state index in [9.17, 15) is 10.1 Å². The SMILES string of the molecule is C/C=C(/C)SCc1ccc(Cl)cc1[N+](=O)[O-]. The summed E-state index contributed by atoms with van der Waals surface area (Å²) >= 11 is 7.31. The fraction of sp³-hybridized carbons (Fsp3) is 0.273. The van der Waals surface area contributed by atoms with Crippen molar-refractivity contribution in [2.24, 2.45) is 0 Å². The van der Waals surface area contributed by atoms with Crippen molar-refractivity contribution in [1.29, 1.82) is 0 Å². The van der Waals surface area contributed by atoms with Crippen LogP contribution in [0.5, 0.6) is 0 Å². The number of rotatable bonds is 4. The van der Waals surface area contributed by atoms with Crippen LogP contribution in [0.3, 0.4) is 0 Å². The fourth-order valence-corrected chi connectivity index (χ4v) is 2.06. The number of nitro groups is 1. The second-order valence-electron chi connectivity index (χ2n) is 3.22. The van der Waals surface area contributed by atoms with Crippen molar-refractivity contribution in [2.75, 3.05) is 0 Å². The lowest BCUT2D eigenvalue weighted by atomic mass is 10.2. The van der Waals surface area contributed by atoms with E-state index in [0.717, 1.165) is 4.91 Å². The zero-order valence-corrected chi connectivity index (χ0v) is 10.6. The van der Waals surface area contributed by atoms with Gasteiger partial charge in [0.05, 0.1) is 4.92 Å². The molecular weight excluding hydrogens is 246 g/mol. The largest absolute Gasteiger partial charge is 0.274 e. The van der Waals surface area contributed by atoms with Crippen LogP contribution in [0.2, 0.25) is 5.02 Å². The number of hydrogen-bond acceptors (Lipinski definition) is 3. The molecule has 0 spiro atoms. The lowest BCUT2D eigenvalue weighted by Crippen LogP contribution is -1.94. The molecule has 1 aromatic rings. The van der Waals surface area contributed by atoms with Crippen molar-refractivity contribution in [1.82, 2.24) is 0 Å². The molecule has 0 aliphatic carbocycles. The van der Waals surface area contributed by atoms with Crippen LogP contribution in [0, 0.1) is 10.1 Å². The first-order chi connectivity index (χ1) is 7.54. The van der Waals surface area contributed by atoms with Gasteiger partial charge in [-0.2, -0.15) is 0 Å². The molecule has 0 aromatic heterocycles. The van der Waals surface area contributed by atoms with Gasteiger partial charge in [-0.1, -0.05) is 17.7 Å². The van der Waals surface area contributed by atoms with Crippen molar-refractivity contribution in [3.8, 4) is 0 Å². The van der Waals surface area contributed by atoms with E-state index in [1.54, 1.807) is 23.9 Å². The van der Waals surface area contributed by atoms with Crippen LogP contribution in [0.25, 0.3) is 0 Å². The highest BCUT2D eigenvalue weighted by Crippen LogP contribution is 2.29. The van der Waals surface area contributed by atoms with Gasteiger partial charge in [0, 0.05) is 22.4 Å². The Morgan fingerprint density at radius 1 is 1.62 bits per heavy atom. The summed E-state index contributed by atoms with van der Waals surface area (Å²) in [5.41, 5.74) is 0.782. The molecule has 1 aromatic carbocycles. The molecule has 0 atom stereocenters. The number of allylic oxidation sites excluding steroid dienone is 2. The summed E-state index contributed by atoms with van der Waals surface area (Å²) in [5, 5.41) is 11.2. The lowest BCUT2D eigenvalue weighted by Gasteiger charge is -2.03. The van der Waals surface area contributed by atoms with E-state index in [2.05, 4.69) is 0 Å². The van der Waals surface area contributed by atoms with Gasteiger partial charge in [0.1, 0.15) is 0 Å². The number of nitro benzene ring substituents is 1.